The van der Waals surface area contributed by atoms with Crippen LogP contribution in [-0.4, -0.2) is 23.2 Å². The van der Waals surface area contributed by atoms with E-state index in [2.05, 4.69) is 4.98 Å². The van der Waals surface area contributed by atoms with E-state index in [1.165, 1.54) is 25.3 Å². The molecule has 0 aliphatic heterocycles. The fourth-order valence-corrected chi connectivity index (χ4v) is 1.66. The first-order valence-electron chi connectivity index (χ1n) is 5.12. The molecule has 1 heterocycles. The Morgan fingerprint density at radius 3 is 2.53 bits per heavy atom. The van der Waals surface area contributed by atoms with Gasteiger partial charge in [-0.1, -0.05) is 0 Å². The molecule has 0 atom stereocenters. The van der Waals surface area contributed by atoms with Gasteiger partial charge >= 0.3 is 12.1 Å². The number of aromatic carboxylic acids is 1. The molecule has 0 saturated carbocycles. The fourth-order valence-electron chi connectivity index (χ4n) is 1.66. The first-order valence-corrected chi connectivity index (χ1v) is 5.12. The molecule has 19 heavy (non-hydrogen) atoms. The summed E-state index contributed by atoms with van der Waals surface area (Å²) in [5.41, 5.74) is -1.77. The molecule has 0 bridgehead atoms. The van der Waals surface area contributed by atoms with Crippen LogP contribution in [0.15, 0.2) is 24.3 Å². The summed E-state index contributed by atoms with van der Waals surface area (Å²) in [5, 5.41) is 9.10. The minimum Gasteiger partial charge on any atom is -0.497 e. The number of pyridine rings is 1. The second-order valence-corrected chi connectivity index (χ2v) is 3.74. The number of fused-ring (bicyclic) bond motifs is 1. The summed E-state index contributed by atoms with van der Waals surface area (Å²) in [5.74, 6) is -1.14. The summed E-state index contributed by atoms with van der Waals surface area (Å²) in [6, 6.07) is 4.61. The average molecular weight is 271 g/mol. The highest BCUT2D eigenvalue weighted by Crippen LogP contribution is 2.32. The predicted molar refractivity (Wildman–Crippen MR) is 60.3 cm³/mol. The molecule has 2 aromatic rings. The SMILES string of the molecule is COc1ccc2c(C(=O)O)cc(C(F)(F)F)nc2c1. The molecule has 4 nitrogen and oxygen atoms in total. The van der Waals surface area contributed by atoms with Gasteiger partial charge in [-0.25, -0.2) is 9.78 Å². The van der Waals surface area contributed by atoms with E-state index in [4.69, 9.17) is 9.84 Å². The predicted octanol–water partition coefficient (Wildman–Crippen LogP) is 2.96. The Bertz CT molecular complexity index is 652. The van der Waals surface area contributed by atoms with Crippen molar-refractivity contribution in [3.05, 3.63) is 35.5 Å². The molecule has 0 amide bonds. The standard InChI is InChI=1S/C12H8F3NO3/c1-19-6-2-3-7-8(11(17)18)5-10(12(13,14)15)16-9(7)4-6/h2-5H,1H3,(H,17,18). The summed E-state index contributed by atoms with van der Waals surface area (Å²) < 4.78 is 42.8. The Morgan fingerprint density at radius 2 is 2.00 bits per heavy atom. The summed E-state index contributed by atoms with van der Waals surface area (Å²) in [7, 11) is 1.35. The number of carbonyl (C=O) groups is 1. The number of aromatic nitrogens is 1. The maximum absolute atomic E-state index is 12.7. The maximum Gasteiger partial charge on any atom is 0.433 e. The molecule has 7 heteroatoms. The van der Waals surface area contributed by atoms with E-state index < -0.39 is 23.4 Å². The van der Waals surface area contributed by atoms with E-state index in [-0.39, 0.29) is 10.9 Å². The molecule has 0 saturated heterocycles. The molecule has 1 N–H and O–H groups in total. The molecular weight excluding hydrogens is 263 g/mol. The van der Waals surface area contributed by atoms with Gasteiger partial charge in [0.1, 0.15) is 11.4 Å². The smallest absolute Gasteiger partial charge is 0.433 e. The number of hydrogen-bond donors (Lipinski definition) is 1. The van der Waals surface area contributed by atoms with Crippen molar-refractivity contribution in [1.29, 1.82) is 0 Å². The van der Waals surface area contributed by atoms with Gasteiger partial charge < -0.3 is 9.84 Å². The number of ether oxygens (including phenoxy) is 1. The van der Waals surface area contributed by atoms with Crippen LogP contribution in [0.2, 0.25) is 0 Å². The number of methoxy groups -OCH3 is 1. The van der Waals surface area contributed by atoms with Crippen molar-refractivity contribution in [2.45, 2.75) is 6.18 Å². The normalized spacial score (nSPS) is 11.6. The lowest BCUT2D eigenvalue weighted by Gasteiger charge is -2.10. The topological polar surface area (TPSA) is 59.4 Å². The van der Waals surface area contributed by atoms with Gasteiger partial charge in [-0.3, -0.25) is 0 Å². The Labute approximate surface area is 105 Å². The van der Waals surface area contributed by atoms with Crippen molar-refractivity contribution in [3.8, 4) is 5.75 Å². The van der Waals surface area contributed by atoms with E-state index in [0.717, 1.165) is 0 Å². The van der Waals surface area contributed by atoms with Gasteiger partial charge in [0, 0.05) is 11.5 Å². The van der Waals surface area contributed by atoms with Gasteiger partial charge in [0.15, 0.2) is 0 Å². The van der Waals surface area contributed by atoms with Crippen molar-refractivity contribution < 1.29 is 27.8 Å². The van der Waals surface area contributed by atoms with E-state index >= 15 is 0 Å². The number of hydrogen-bond acceptors (Lipinski definition) is 3. The van der Waals surface area contributed by atoms with Crippen LogP contribution in [0.3, 0.4) is 0 Å². The second-order valence-electron chi connectivity index (χ2n) is 3.74. The fraction of sp³-hybridized carbons (Fsp3) is 0.167. The van der Waals surface area contributed by atoms with Crippen LogP contribution >= 0.6 is 0 Å². The van der Waals surface area contributed by atoms with Crippen molar-refractivity contribution in [1.82, 2.24) is 4.98 Å². The van der Waals surface area contributed by atoms with Gasteiger partial charge in [-0.05, 0) is 18.2 Å². The monoisotopic (exact) mass is 271 g/mol. The Hall–Kier alpha value is -2.31. The maximum atomic E-state index is 12.7. The number of carboxylic acid groups (broad SMARTS) is 1. The van der Waals surface area contributed by atoms with Crippen LogP contribution in [0, 0.1) is 0 Å². The van der Waals surface area contributed by atoms with Crippen molar-refractivity contribution >= 4 is 16.9 Å². The minimum atomic E-state index is -4.71. The number of nitrogens with zero attached hydrogens (tertiary/aromatic N) is 1. The number of rotatable bonds is 2. The lowest BCUT2D eigenvalue weighted by Crippen LogP contribution is -2.11. The highest BCUT2D eigenvalue weighted by atomic mass is 19.4. The van der Waals surface area contributed by atoms with Crippen LogP contribution in [-0.2, 0) is 6.18 Å². The first-order chi connectivity index (χ1) is 8.82. The zero-order valence-corrected chi connectivity index (χ0v) is 9.65. The van der Waals surface area contributed by atoms with Gasteiger partial charge in [0.05, 0.1) is 18.2 Å². The van der Waals surface area contributed by atoms with Gasteiger partial charge in [-0.2, -0.15) is 13.2 Å². The molecule has 0 aliphatic carbocycles. The molecule has 0 aliphatic rings. The minimum absolute atomic E-state index is 0.0772. The quantitative estimate of drug-likeness (QED) is 0.912. The molecule has 100 valence electrons. The van der Waals surface area contributed by atoms with Crippen molar-refractivity contribution in [2.24, 2.45) is 0 Å². The first kappa shape index (κ1) is 13.1. The molecule has 1 aromatic heterocycles. The second kappa shape index (κ2) is 4.42. The van der Waals surface area contributed by atoms with Crippen LogP contribution in [0.1, 0.15) is 16.1 Å². The van der Waals surface area contributed by atoms with Gasteiger partial charge in [0.25, 0.3) is 0 Å². The van der Waals surface area contributed by atoms with E-state index in [1.807, 2.05) is 0 Å². The number of benzene rings is 1. The average Bonchev–Trinajstić information content (AvgIpc) is 2.35. The summed E-state index contributed by atoms with van der Waals surface area (Å²) in [4.78, 5) is 14.5. The number of halogens is 3. The Kier molecular flexibility index (Phi) is 3.05. The van der Waals surface area contributed by atoms with E-state index in [0.29, 0.717) is 11.8 Å². The zero-order chi connectivity index (χ0) is 14.2. The molecular formula is C12H8F3NO3. The molecule has 0 unspecified atom stereocenters. The summed E-state index contributed by atoms with van der Waals surface area (Å²) in [6.45, 7) is 0. The summed E-state index contributed by atoms with van der Waals surface area (Å²) in [6.07, 6.45) is -4.71. The molecule has 0 spiro atoms. The lowest BCUT2D eigenvalue weighted by atomic mass is 10.1. The molecule has 0 radical (unpaired) electrons. The third-order valence-electron chi connectivity index (χ3n) is 2.54. The van der Waals surface area contributed by atoms with Crippen LogP contribution in [0.4, 0.5) is 13.2 Å². The lowest BCUT2D eigenvalue weighted by molar-refractivity contribution is -0.141. The Balaban J connectivity index is 2.80. The van der Waals surface area contributed by atoms with Gasteiger partial charge in [0.2, 0.25) is 0 Å². The van der Waals surface area contributed by atoms with Gasteiger partial charge in [-0.15, -0.1) is 0 Å². The third-order valence-corrected chi connectivity index (χ3v) is 2.54. The highest BCUT2D eigenvalue weighted by molar-refractivity contribution is 6.02. The van der Waals surface area contributed by atoms with Crippen molar-refractivity contribution in [3.63, 3.8) is 0 Å². The van der Waals surface area contributed by atoms with E-state index in [9.17, 15) is 18.0 Å². The van der Waals surface area contributed by atoms with E-state index in [1.54, 1.807) is 0 Å². The highest BCUT2D eigenvalue weighted by Gasteiger charge is 2.34. The summed E-state index contributed by atoms with van der Waals surface area (Å²) >= 11 is 0. The number of alkyl halides is 3. The molecule has 2 rings (SSSR count). The van der Waals surface area contributed by atoms with Crippen LogP contribution in [0.25, 0.3) is 10.9 Å². The number of carboxylic acids is 1. The molecule has 1 aromatic carbocycles. The third kappa shape index (κ3) is 2.44. The van der Waals surface area contributed by atoms with Crippen molar-refractivity contribution in [2.75, 3.05) is 7.11 Å². The molecule has 0 fully saturated rings. The largest absolute Gasteiger partial charge is 0.497 e. The zero-order valence-electron chi connectivity index (χ0n) is 9.65. The Morgan fingerprint density at radius 1 is 1.32 bits per heavy atom. The van der Waals surface area contributed by atoms with Crippen LogP contribution < -0.4 is 4.74 Å². The van der Waals surface area contributed by atoms with Crippen LogP contribution in [0.5, 0.6) is 5.75 Å².